The van der Waals surface area contributed by atoms with Crippen LogP contribution in [0.3, 0.4) is 0 Å². The Hall–Kier alpha value is -2.81. The van der Waals surface area contributed by atoms with Gasteiger partial charge in [0, 0.05) is 50.2 Å². The molecule has 1 aromatic carbocycles. The smallest absolute Gasteiger partial charge is 0.387 e. The quantitative estimate of drug-likeness (QED) is 0.777. The van der Waals surface area contributed by atoms with E-state index in [2.05, 4.69) is 15.0 Å². The highest BCUT2D eigenvalue weighted by Crippen LogP contribution is 2.27. The van der Waals surface area contributed by atoms with E-state index >= 15 is 0 Å². The van der Waals surface area contributed by atoms with Gasteiger partial charge >= 0.3 is 6.61 Å². The van der Waals surface area contributed by atoms with Crippen LogP contribution in [0.4, 0.5) is 14.7 Å². The predicted molar refractivity (Wildman–Crippen MR) is 106 cm³/mol. The zero-order valence-electron chi connectivity index (χ0n) is 16.5. The van der Waals surface area contributed by atoms with Gasteiger partial charge in [-0.1, -0.05) is 12.1 Å². The number of benzene rings is 1. The zero-order valence-corrected chi connectivity index (χ0v) is 16.5. The van der Waals surface area contributed by atoms with Crippen LogP contribution in [0.15, 0.2) is 36.5 Å². The molecule has 7 nitrogen and oxygen atoms in total. The maximum Gasteiger partial charge on any atom is 0.387 e. The standard InChI is InChI=1S/C21H24F2N4O3/c22-20(23)30-18-4-2-1-3-16(18)19(28)25-15-6-10-27(13-15)21-24-9-5-17(26-21)14-7-11-29-12-8-14/h1-5,9,14-15,20H,6-8,10-13H2,(H,25,28). The number of hydrogen-bond acceptors (Lipinski definition) is 6. The summed E-state index contributed by atoms with van der Waals surface area (Å²) in [6, 6.07) is 7.82. The van der Waals surface area contributed by atoms with Crippen LogP contribution in [0.5, 0.6) is 5.75 Å². The van der Waals surface area contributed by atoms with Crippen molar-refractivity contribution in [2.24, 2.45) is 0 Å². The van der Waals surface area contributed by atoms with Gasteiger partial charge in [-0.05, 0) is 37.5 Å². The maximum atomic E-state index is 12.6. The molecule has 1 atom stereocenters. The molecule has 2 aromatic rings. The summed E-state index contributed by atoms with van der Waals surface area (Å²) >= 11 is 0. The average molecular weight is 418 g/mol. The minimum atomic E-state index is -2.99. The first-order chi connectivity index (χ1) is 14.6. The topological polar surface area (TPSA) is 76.6 Å². The Kier molecular flexibility index (Phi) is 6.37. The van der Waals surface area contributed by atoms with E-state index in [-0.39, 0.29) is 17.4 Å². The number of carbonyl (C=O) groups is 1. The van der Waals surface area contributed by atoms with Crippen LogP contribution in [0.1, 0.15) is 41.2 Å². The van der Waals surface area contributed by atoms with Crippen molar-refractivity contribution < 1.29 is 23.0 Å². The third kappa shape index (κ3) is 4.84. The van der Waals surface area contributed by atoms with Crippen LogP contribution in [-0.4, -0.2) is 54.8 Å². The normalized spacial score (nSPS) is 19.8. The van der Waals surface area contributed by atoms with E-state index in [4.69, 9.17) is 9.72 Å². The van der Waals surface area contributed by atoms with Crippen molar-refractivity contribution in [1.82, 2.24) is 15.3 Å². The lowest BCUT2D eigenvalue weighted by molar-refractivity contribution is -0.0501. The van der Waals surface area contributed by atoms with Gasteiger partial charge in [-0.3, -0.25) is 4.79 Å². The largest absolute Gasteiger partial charge is 0.434 e. The summed E-state index contributed by atoms with van der Waals surface area (Å²) in [6.45, 7) is -0.226. The lowest BCUT2D eigenvalue weighted by atomic mass is 9.96. The number of anilines is 1. The van der Waals surface area contributed by atoms with Gasteiger partial charge in [0.05, 0.1) is 5.56 Å². The fourth-order valence-corrected chi connectivity index (χ4v) is 3.91. The SMILES string of the molecule is O=C(NC1CCN(c2nccc(C3CCOCC3)n2)C1)c1ccccc1OC(F)F. The molecule has 30 heavy (non-hydrogen) atoms. The zero-order chi connectivity index (χ0) is 20.9. The summed E-state index contributed by atoms with van der Waals surface area (Å²) in [4.78, 5) is 23.8. The van der Waals surface area contributed by atoms with Crippen molar-refractivity contribution in [2.75, 3.05) is 31.2 Å². The van der Waals surface area contributed by atoms with Crippen molar-refractivity contribution in [3.63, 3.8) is 0 Å². The number of amides is 1. The van der Waals surface area contributed by atoms with Crippen molar-refractivity contribution >= 4 is 11.9 Å². The summed E-state index contributed by atoms with van der Waals surface area (Å²) in [6.07, 6.45) is 4.40. The Bertz CT molecular complexity index is 877. The highest BCUT2D eigenvalue weighted by molar-refractivity contribution is 5.97. The molecule has 2 fully saturated rings. The number of hydrogen-bond donors (Lipinski definition) is 1. The number of nitrogens with zero attached hydrogens (tertiary/aromatic N) is 3. The summed E-state index contributed by atoms with van der Waals surface area (Å²) < 4.78 is 35.1. The molecular weight excluding hydrogens is 394 g/mol. The molecule has 0 bridgehead atoms. The first-order valence-electron chi connectivity index (χ1n) is 10.1. The summed E-state index contributed by atoms with van der Waals surface area (Å²) in [5.74, 6) is 0.462. The van der Waals surface area contributed by atoms with E-state index in [1.54, 1.807) is 18.3 Å². The first-order valence-corrected chi connectivity index (χ1v) is 10.1. The number of aromatic nitrogens is 2. The molecule has 0 saturated carbocycles. The van der Waals surface area contributed by atoms with Gasteiger partial charge in [0.1, 0.15) is 5.75 Å². The monoisotopic (exact) mass is 418 g/mol. The van der Waals surface area contributed by atoms with Gasteiger partial charge in [-0.25, -0.2) is 9.97 Å². The molecule has 2 aliphatic rings. The van der Waals surface area contributed by atoms with Gasteiger partial charge in [-0.2, -0.15) is 8.78 Å². The number of rotatable bonds is 6. The second kappa shape index (κ2) is 9.34. The van der Waals surface area contributed by atoms with Gasteiger partial charge < -0.3 is 19.7 Å². The molecule has 1 N–H and O–H groups in total. The van der Waals surface area contributed by atoms with E-state index in [0.717, 1.165) is 31.7 Å². The second-order valence-electron chi connectivity index (χ2n) is 7.45. The lowest BCUT2D eigenvalue weighted by Crippen LogP contribution is -2.37. The second-order valence-corrected chi connectivity index (χ2v) is 7.45. The molecule has 2 saturated heterocycles. The van der Waals surface area contributed by atoms with Crippen LogP contribution < -0.4 is 15.0 Å². The molecule has 2 aliphatic heterocycles. The minimum Gasteiger partial charge on any atom is -0.434 e. The number of para-hydroxylation sites is 1. The summed E-state index contributed by atoms with van der Waals surface area (Å²) in [5, 5.41) is 2.91. The molecule has 1 amide bonds. The van der Waals surface area contributed by atoms with Crippen molar-refractivity contribution in [2.45, 2.75) is 37.8 Å². The van der Waals surface area contributed by atoms with Gasteiger partial charge in [0.2, 0.25) is 5.95 Å². The fraction of sp³-hybridized carbons (Fsp3) is 0.476. The maximum absolute atomic E-state index is 12.6. The van der Waals surface area contributed by atoms with Gasteiger partial charge in [-0.15, -0.1) is 0 Å². The Morgan fingerprint density at radius 3 is 2.80 bits per heavy atom. The van der Waals surface area contributed by atoms with Gasteiger partial charge in [0.25, 0.3) is 5.91 Å². The Balaban J connectivity index is 1.39. The van der Waals surface area contributed by atoms with Crippen LogP contribution in [0, 0.1) is 0 Å². The number of alkyl halides is 2. The molecule has 0 aliphatic carbocycles. The number of carbonyl (C=O) groups excluding carboxylic acids is 1. The van der Waals surface area contributed by atoms with E-state index in [1.807, 2.05) is 11.0 Å². The van der Waals surface area contributed by atoms with Gasteiger partial charge in [0.15, 0.2) is 0 Å². The van der Waals surface area contributed by atoms with Crippen LogP contribution >= 0.6 is 0 Å². The molecule has 3 heterocycles. The Labute approximate surface area is 173 Å². The number of nitrogens with one attached hydrogen (secondary N) is 1. The molecule has 4 rings (SSSR count). The Morgan fingerprint density at radius 2 is 2.00 bits per heavy atom. The van der Waals surface area contributed by atoms with Crippen LogP contribution in [0.2, 0.25) is 0 Å². The molecule has 0 spiro atoms. The highest BCUT2D eigenvalue weighted by atomic mass is 19.3. The fourth-order valence-electron chi connectivity index (χ4n) is 3.91. The third-order valence-corrected chi connectivity index (χ3v) is 5.46. The van der Waals surface area contributed by atoms with E-state index < -0.39 is 12.5 Å². The van der Waals surface area contributed by atoms with Crippen LogP contribution in [-0.2, 0) is 4.74 Å². The van der Waals surface area contributed by atoms with Crippen molar-refractivity contribution in [3.8, 4) is 5.75 Å². The molecule has 160 valence electrons. The summed E-state index contributed by atoms with van der Waals surface area (Å²) in [7, 11) is 0. The van der Waals surface area contributed by atoms with Crippen molar-refractivity contribution in [1.29, 1.82) is 0 Å². The molecule has 9 heteroatoms. The van der Waals surface area contributed by atoms with E-state index in [1.165, 1.54) is 12.1 Å². The van der Waals surface area contributed by atoms with E-state index in [0.29, 0.717) is 31.4 Å². The molecule has 1 unspecified atom stereocenters. The molecular formula is C21H24F2N4O3. The van der Waals surface area contributed by atoms with Crippen molar-refractivity contribution in [3.05, 3.63) is 47.8 Å². The highest BCUT2D eigenvalue weighted by Gasteiger charge is 2.28. The predicted octanol–water partition coefficient (Wildman–Crippen LogP) is 2.98. The molecule has 1 aromatic heterocycles. The summed E-state index contributed by atoms with van der Waals surface area (Å²) in [5.41, 5.74) is 1.11. The lowest BCUT2D eigenvalue weighted by Gasteiger charge is -2.23. The molecule has 0 radical (unpaired) electrons. The average Bonchev–Trinajstić information content (AvgIpc) is 3.23. The van der Waals surface area contributed by atoms with E-state index in [9.17, 15) is 13.6 Å². The number of halogens is 2. The third-order valence-electron chi connectivity index (χ3n) is 5.46. The Morgan fingerprint density at radius 1 is 1.20 bits per heavy atom. The minimum absolute atomic E-state index is 0.0917. The van der Waals surface area contributed by atoms with Crippen LogP contribution in [0.25, 0.3) is 0 Å². The first kappa shape index (κ1) is 20.5. The number of ether oxygens (including phenoxy) is 2.